The van der Waals surface area contributed by atoms with E-state index in [1.165, 1.54) is 6.07 Å². The molecule has 1 rings (SSSR count). The molecular formula is C9H8BrF3O2. The fourth-order valence-electron chi connectivity index (χ4n) is 1.10. The van der Waals surface area contributed by atoms with Crippen LogP contribution in [0.4, 0.5) is 13.2 Å². The summed E-state index contributed by atoms with van der Waals surface area (Å²) in [6.45, 7) is 0. The summed E-state index contributed by atoms with van der Waals surface area (Å²) in [5.41, 5.74) is -0.369. The zero-order valence-electron chi connectivity index (χ0n) is 7.68. The molecule has 1 atom stereocenters. The molecule has 0 saturated heterocycles. The van der Waals surface area contributed by atoms with E-state index in [0.717, 1.165) is 19.2 Å². The van der Waals surface area contributed by atoms with Crippen molar-refractivity contribution in [2.45, 2.75) is 12.0 Å². The average molecular weight is 285 g/mol. The van der Waals surface area contributed by atoms with Gasteiger partial charge in [-0.3, -0.25) is 0 Å². The van der Waals surface area contributed by atoms with Crippen LogP contribution in [0.1, 0.15) is 5.56 Å². The van der Waals surface area contributed by atoms with Gasteiger partial charge in [-0.15, -0.1) is 0 Å². The molecule has 0 aliphatic rings. The third kappa shape index (κ3) is 2.32. The lowest BCUT2D eigenvalue weighted by Crippen LogP contribution is -2.43. The first kappa shape index (κ1) is 12.5. The number of hydrogen-bond donors (Lipinski definition) is 1. The molecule has 0 aliphatic carbocycles. The molecule has 1 aromatic rings. The summed E-state index contributed by atoms with van der Waals surface area (Å²) in [5.74, 6) is -3.27. The smallest absolute Gasteiger partial charge is 0.355 e. The molecular weight excluding hydrogens is 277 g/mol. The van der Waals surface area contributed by atoms with Crippen molar-refractivity contribution >= 4 is 15.9 Å². The number of hydrogen-bond acceptors (Lipinski definition) is 2. The van der Waals surface area contributed by atoms with Crippen LogP contribution < -0.4 is 0 Å². The average Bonchev–Trinajstić information content (AvgIpc) is 2.14. The van der Waals surface area contributed by atoms with Crippen LogP contribution in [0.25, 0.3) is 0 Å². The Balaban J connectivity index is 3.23. The number of alkyl halides is 3. The van der Waals surface area contributed by atoms with Crippen molar-refractivity contribution in [3.05, 3.63) is 34.3 Å². The van der Waals surface area contributed by atoms with E-state index in [1.807, 2.05) is 0 Å². The van der Waals surface area contributed by atoms with Crippen molar-refractivity contribution in [2.75, 3.05) is 7.11 Å². The van der Waals surface area contributed by atoms with Gasteiger partial charge in [-0.2, -0.15) is 13.2 Å². The Hall–Kier alpha value is -0.590. The monoisotopic (exact) mass is 284 g/mol. The van der Waals surface area contributed by atoms with Gasteiger partial charge in [0.05, 0.1) is 0 Å². The highest BCUT2D eigenvalue weighted by Crippen LogP contribution is 2.39. The summed E-state index contributed by atoms with van der Waals surface area (Å²) in [5, 5.41) is 9.38. The minimum absolute atomic E-state index is 0.369. The highest BCUT2D eigenvalue weighted by atomic mass is 79.9. The van der Waals surface area contributed by atoms with Crippen molar-refractivity contribution in [1.82, 2.24) is 0 Å². The maximum atomic E-state index is 12.5. The van der Waals surface area contributed by atoms with Crippen LogP contribution in [-0.4, -0.2) is 18.4 Å². The van der Waals surface area contributed by atoms with E-state index >= 15 is 0 Å². The molecule has 0 aromatic heterocycles. The molecule has 1 aromatic carbocycles. The van der Waals surface area contributed by atoms with Gasteiger partial charge in [-0.1, -0.05) is 28.1 Å². The van der Waals surface area contributed by atoms with E-state index in [0.29, 0.717) is 4.47 Å². The Morgan fingerprint density at radius 1 is 1.33 bits per heavy atom. The summed E-state index contributed by atoms with van der Waals surface area (Å²) in [7, 11) is 0.800. The Morgan fingerprint density at radius 3 is 2.33 bits per heavy atom. The SMILES string of the molecule is COC(O)(c1cccc(Br)c1)C(F)(F)F. The van der Waals surface area contributed by atoms with Crippen molar-refractivity contribution in [1.29, 1.82) is 0 Å². The summed E-state index contributed by atoms with van der Waals surface area (Å²) >= 11 is 3.02. The predicted molar refractivity (Wildman–Crippen MR) is 51.1 cm³/mol. The Kier molecular flexibility index (Phi) is 3.42. The van der Waals surface area contributed by atoms with Gasteiger partial charge in [-0.05, 0) is 12.1 Å². The number of aliphatic hydroxyl groups is 1. The minimum Gasteiger partial charge on any atom is -0.355 e. The topological polar surface area (TPSA) is 29.5 Å². The van der Waals surface area contributed by atoms with E-state index in [9.17, 15) is 18.3 Å². The molecule has 0 saturated carbocycles. The molecule has 1 unspecified atom stereocenters. The second-order valence-electron chi connectivity index (χ2n) is 2.86. The van der Waals surface area contributed by atoms with Crippen LogP contribution in [0.5, 0.6) is 0 Å². The largest absolute Gasteiger partial charge is 0.448 e. The normalized spacial score (nSPS) is 16.1. The molecule has 0 heterocycles. The molecule has 0 fully saturated rings. The summed E-state index contributed by atoms with van der Waals surface area (Å²) in [6, 6.07) is 5.23. The quantitative estimate of drug-likeness (QED) is 0.847. The van der Waals surface area contributed by atoms with Crippen LogP contribution >= 0.6 is 15.9 Å². The van der Waals surface area contributed by atoms with Gasteiger partial charge < -0.3 is 9.84 Å². The molecule has 0 radical (unpaired) electrons. The summed E-state index contributed by atoms with van der Waals surface area (Å²) in [6.07, 6.45) is -4.89. The molecule has 0 amide bonds. The Bertz CT molecular complexity index is 353. The van der Waals surface area contributed by atoms with E-state index in [4.69, 9.17) is 0 Å². The molecule has 0 spiro atoms. The lowest BCUT2D eigenvalue weighted by molar-refractivity contribution is -0.367. The molecule has 1 N–H and O–H groups in total. The van der Waals surface area contributed by atoms with Gasteiger partial charge in [0.2, 0.25) is 0 Å². The first-order chi connectivity index (χ1) is 6.81. The molecule has 0 aliphatic heterocycles. The second kappa shape index (κ2) is 4.11. The molecule has 15 heavy (non-hydrogen) atoms. The van der Waals surface area contributed by atoms with Gasteiger partial charge >= 0.3 is 6.18 Å². The lowest BCUT2D eigenvalue weighted by atomic mass is 10.1. The van der Waals surface area contributed by atoms with Gasteiger partial charge in [-0.25, -0.2) is 0 Å². The second-order valence-corrected chi connectivity index (χ2v) is 3.77. The number of benzene rings is 1. The third-order valence-electron chi connectivity index (χ3n) is 1.90. The third-order valence-corrected chi connectivity index (χ3v) is 2.39. The van der Waals surface area contributed by atoms with Crippen LogP contribution in [-0.2, 0) is 10.5 Å². The molecule has 0 bridgehead atoms. The zero-order chi connectivity index (χ0) is 11.7. The van der Waals surface area contributed by atoms with E-state index in [2.05, 4.69) is 20.7 Å². The van der Waals surface area contributed by atoms with E-state index < -0.39 is 12.0 Å². The number of halogens is 4. The van der Waals surface area contributed by atoms with Gasteiger partial charge in [0, 0.05) is 17.1 Å². The molecule has 84 valence electrons. The van der Waals surface area contributed by atoms with Crippen LogP contribution in [0.15, 0.2) is 28.7 Å². The fraction of sp³-hybridized carbons (Fsp3) is 0.333. The lowest BCUT2D eigenvalue weighted by Gasteiger charge is -2.29. The summed E-state index contributed by atoms with van der Waals surface area (Å²) in [4.78, 5) is 0. The fourth-order valence-corrected chi connectivity index (χ4v) is 1.50. The Morgan fingerprint density at radius 2 is 1.93 bits per heavy atom. The summed E-state index contributed by atoms with van der Waals surface area (Å²) < 4.78 is 42.2. The standard InChI is InChI=1S/C9H8BrF3O2/c1-15-8(14,9(11,12)13)6-3-2-4-7(10)5-6/h2-5,14H,1H3. The van der Waals surface area contributed by atoms with Crippen molar-refractivity contribution in [3.8, 4) is 0 Å². The highest BCUT2D eigenvalue weighted by molar-refractivity contribution is 9.10. The van der Waals surface area contributed by atoms with Crippen LogP contribution in [0.2, 0.25) is 0 Å². The zero-order valence-corrected chi connectivity index (χ0v) is 9.26. The minimum atomic E-state index is -4.89. The molecule has 6 heteroatoms. The van der Waals surface area contributed by atoms with Crippen molar-refractivity contribution in [2.24, 2.45) is 0 Å². The van der Waals surface area contributed by atoms with Crippen LogP contribution in [0.3, 0.4) is 0 Å². The highest BCUT2D eigenvalue weighted by Gasteiger charge is 2.56. The first-order valence-corrected chi connectivity index (χ1v) is 4.71. The first-order valence-electron chi connectivity index (χ1n) is 3.91. The molecule has 2 nitrogen and oxygen atoms in total. The van der Waals surface area contributed by atoms with Gasteiger partial charge in [0.15, 0.2) is 0 Å². The number of ether oxygens (including phenoxy) is 1. The number of rotatable bonds is 2. The predicted octanol–water partition coefficient (Wildman–Crippen LogP) is 2.80. The van der Waals surface area contributed by atoms with Crippen molar-refractivity contribution in [3.63, 3.8) is 0 Å². The Labute approximate surface area is 92.8 Å². The number of methoxy groups -OCH3 is 1. The van der Waals surface area contributed by atoms with Crippen LogP contribution in [0, 0.1) is 0 Å². The van der Waals surface area contributed by atoms with Crippen molar-refractivity contribution < 1.29 is 23.0 Å². The van der Waals surface area contributed by atoms with E-state index in [1.54, 1.807) is 6.07 Å². The maximum Gasteiger partial charge on any atom is 0.448 e. The van der Waals surface area contributed by atoms with Gasteiger partial charge in [0.1, 0.15) is 0 Å². The van der Waals surface area contributed by atoms with Gasteiger partial charge in [0.25, 0.3) is 5.79 Å². The van der Waals surface area contributed by atoms with E-state index in [-0.39, 0.29) is 5.56 Å². The maximum absolute atomic E-state index is 12.5.